The zero-order valence-electron chi connectivity index (χ0n) is 12.3. The van der Waals surface area contributed by atoms with E-state index in [0.29, 0.717) is 0 Å². The third-order valence-electron chi connectivity index (χ3n) is 2.90. The summed E-state index contributed by atoms with van der Waals surface area (Å²) in [4.78, 5) is 13.9. The highest BCUT2D eigenvalue weighted by molar-refractivity contribution is 7.13. The molecule has 0 saturated carbocycles. The minimum atomic E-state index is -0.276. The van der Waals surface area contributed by atoms with Crippen molar-refractivity contribution in [2.75, 3.05) is 6.61 Å². The maximum Gasteiger partial charge on any atom is 0.277 e. The van der Waals surface area contributed by atoms with E-state index in [-0.39, 0.29) is 12.5 Å². The molecule has 2 rings (SSSR count). The summed E-state index contributed by atoms with van der Waals surface area (Å²) in [6.07, 6.45) is 1.63. The summed E-state index contributed by atoms with van der Waals surface area (Å²) >= 11 is 1.62. The molecule has 0 bridgehead atoms. The first kappa shape index (κ1) is 15.3. The van der Waals surface area contributed by atoms with Crippen molar-refractivity contribution in [3.63, 3.8) is 0 Å². The maximum absolute atomic E-state index is 11.7. The number of hydrogen-bond donors (Lipinski definition) is 1. The number of amides is 1. The first-order valence-corrected chi connectivity index (χ1v) is 7.45. The molecule has 1 amide bonds. The Morgan fingerprint density at radius 3 is 2.57 bits per heavy atom. The van der Waals surface area contributed by atoms with Gasteiger partial charge < -0.3 is 4.74 Å². The second-order valence-electron chi connectivity index (χ2n) is 4.75. The fourth-order valence-electron chi connectivity index (χ4n) is 1.89. The predicted octanol–water partition coefficient (Wildman–Crippen LogP) is 3.20. The van der Waals surface area contributed by atoms with Crippen LogP contribution in [-0.2, 0) is 4.79 Å². The lowest BCUT2D eigenvalue weighted by Gasteiger charge is -2.10. The van der Waals surface area contributed by atoms with Gasteiger partial charge in [-0.1, -0.05) is 18.2 Å². The third kappa shape index (κ3) is 4.43. The van der Waals surface area contributed by atoms with E-state index in [4.69, 9.17) is 4.74 Å². The molecule has 1 heterocycles. The monoisotopic (exact) mass is 302 g/mol. The molecule has 0 aliphatic carbocycles. The molecule has 1 aromatic heterocycles. The SMILES string of the molecule is Cc1ccc(/C=N/NC(=O)COc2c(C)cccc2C)s1. The average molecular weight is 302 g/mol. The molecule has 0 saturated heterocycles. The first-order chi connectivity index (χ1) is 10.1. The Kier molecular flexibility index (Phi) is 5.11. The Morgan fingerprint density at radius 2 is 1.95 bits per heavy atom. The molecule has 2 aromatic rings. The van der Waals surface area contributed by atoms with Gasteiger partial charge in [0.15, 0.2) is 6.61 Å². The number of aryl methyl sites for hydroxylation is 3. The fraction of sp³-hybridized carbons (Fsp3) is 0.250. The number of ether oxygens (including phenoxy) is 1. The van der Waals surface area contributed by atoms with Crippen LogP contribution in [0.1, 0.15) is 20.9 Å². The summed E-state index contributed by atoms with van der Waals surface area (Å²) in [5.41, 5.74) is 4.49. The van der Waals surface area contributed by atoms with Gasteiger partial charge in [0.1, 0.15) is 5.75 Å². The topological polar surface area (TPSA) is 50.7 Å². The molecule has 0 radical (unpaired) electrons. The van der Waals surface area contributed by atoms with Crippen LogP contribution in [-0.4, -0.2) is 18.7 Å². The summed E-state index contributed by atoms with van der Waals surface area (Å²) in [5, 5.41) is 3.92. The largest absolute Gasteiger partial charge is 0.483 e. The van der Waals surface area contributed by atoms with Crippen molar-refractivity contribution in [1.29, 1.82) is 0 Å². The van der Waals surface area contributed by atoms with Crippen molar-refractivity contribution in [2.45, 2.75) is 20.8 Å². The van der Waals surface area contributed by atoms with Gasteiger partial charge in [-0.05, 0) is 44.0 Å². The first-order valence-electron chi connectivity index (χ1n) is 6.63. The number of benzene rings is 1. The summed E-state index contributed by atoms with van der Waals surface area (Å²) < 4.78 is 5.55. The van der Waals surface area contributed by atoms with Gasteiger partial charge in [0.05, 0.1) is 6.21 Å². The number of nitrogens with one attached hydrogen (secondary N) is 1. The molecule has 0 aliphatic heterocycles. The molecule has 0 spiro atoms. The van der Waals surface area contributed by atoms with Crippen LogP contribution < -0.4 is 10.2 Å². The molecule has 0 fully saturated rings. The van der Waals surface area contributed by atoms with Gasteiger partial charge in [-0.3, -0.25) is 4.79 Å². The van der Waals surface area contributed by atoms with Gasteiger partial charge >= 0.3 is 0 Å². The van der Waals surface area contributed by atoms with Gasteiger partial charge in [0, 0.05) is 9.75 Å². The zero-order valence-corrected chi connectivity index (χ0v) is 13.2. The van der Waals surface area contributed by atoms with Crippen LogP contribution in [0.2, 0.25) is 0 Å². The molecular weight excluding hydrogens is 284 g/mol. The summed E-state index contributed by atoms with van der Waals surface area (Å²) in [7, 11) is 0. The number of hydrazone groups is 1. The van der Waals surface area contributed by atoms with Crippen molar-refractivity contribution in [1.82, 2.24) is 5.43 Å². The quantitative estimate of drug-likeness (QED) is 0.681. The molecule has 0 aliphatic rings. The number of nitrogens with zero attached hydrogens (tertiary/aromatic N) is 1. The molecule has 1 N–H and O–H groups in total. The standard InChI is InChI=1S/C16H18N2O2S/c1-11-5-4-6-12(2)16(11)20-10-15(19)18-17-9-14-8-7-13(3)21-14/h4-9H,10H2,1-3H3,(H,18,19)/b17-9+. The van der Waals surface area contributed by atoms with Crippen LogP contribution in [0.15, 0.2) is 35.4 Å². The lowest BCUT2D eigenvalue weighted by atomic mass is 10.1. The molecule has 21 heavy (non-hydrogen) atoms. The Balaban J connectivity index is 1.84. The molecule has 0 unspecified atom stereocenters. The Bertz CT molecular complexity index is 642. The molecular formula is C16H18N2O2S. The van der Waals surface area contributed by atoms with Crippen molar-refractivity contribution in [3.05, 3.63) is 51.2 Å². The number of carbonyl (C=O) groups is 1. The van der Waals surface area contributed by atoms with E-state index in [0.717, 1.165) is 21.8 Å². The van der Waals surface area contributed by atoms with E-state index < -0.39 is 0 Å². The minimum Gasteiger partial charge on any atom is -0.483 e. The number of carbonyl (C=O) groups excluding carboxylic acids is 1. The lowest BCUT2D eigenvalue weighted by Crippen LogP contribution is -2.24. The molecule has 1 aromatic carbocycles. The normalized spacial score (nSPS) is 10.8. The van der Waals surface area contributed by atoms with Gasteiger partial charge in [0.2, 0.25) is 0 Å². The van der Waals surface area contributed by atoms with E-state index in [1.807, 2.05) is 51.1 Å². The van der Waals surface area contributed by atoms with Crippen molar-refractivity contribution in [3.8, 4) is 5.75 Å². The predicted molar refractivity (Wildman–Crippen MR) is 86.2 cm³/mol. The number of para-hydroxylation sites is 1. The zero-order chi connectivity index (χ0) is 15.2. The van der Waals surface area contributed by atoms with E-state index in [1.54, 1.807) is 17.6 Å². The summed E-state index contributed by atoms with van der Waals surface area (Å²) in [6, 6.07) is 9.85. The van der Waals surface area contributed by atoms with E-state index in [2.05, 4.69) is 10.5 Å². The van der Waals surface area contributed by atoms with Crippen LogP contribution in [0.5, 0.6) is 5.75 Å². The van der Waals surface area contributed by atoms with Crippen LogP contribution in [0.4, 0.5) is 0 Å². The van der Waals surface area contributed by atoms with E-state index in [9.17, 15) is 4.79 Å². The van der Waals surface area contributed by atoms with Gasteiger partial charge in [0.25, 0.3) is 5.91 Å². The Labute approximate surface area is 128 Å². The van der Waals surface area contributed by atoms with Gasteiger partial charge in [-0.2, -0.15) is 5.10 Å². The Morgan fingerprint density at radius 1 is 1.24 bits per heavy atom. The highest BCUT2D eigenvalue weighted by Gasteiger charge is 2.06. The van der Waals surface area contributed by atoms with Crippen LogP contribution in [0.3, 0.4) is 0 Å². The van der Waals surface area contributed by atoms with E-state index >= 15 is 0 Å². The number of thiophene rings is 1. The molecule has 0 atom stereocenters. The third-order valence-corrected chi connectivity index (χ3v) is 3.83. The van der Waals surface area contributed by atoms with Crippen LogP contribution in [0, 0.1) is 20.8 Å². The van der Waals surface area contributed by atoms with Crippen LogP contribution in [0.25, 0.3) is 0 Å². The number of hydrogen-bond acceptors (Lipinski definition) is 4. The second-order valence-corrected chi connectivity index (χ2v) is 6.07. The molecule has 5 heteroatoms. The maximum atomic E-state index is 11.7. The Hall–Kier alpha value is -2.14. The van der Waals surface area contributed by atoms with E-state index in [1.165, 1.54) is 4.88 Å². The van der Waals surface area contributed by atoms with Gasteiger partial charge in [-0.15, -0.1) is 11.3 Å². The van der Waals surface area contributed by atoms with Crippen LogP contribution >= 0.6 is 11.3 Å². The summed E-state index contributed by atoms with van der Waals surface area (Å²) in [6.45, 7) is 5.89. The highest BCUT2D eigenvalue weighted by atomic mass is 32.1. The van der Waals surface area contributed by atoms with Gasteiger partial charge in [-0.25, -0.2) is 5.43 Å². The lowest BCUT2D eigenvalue weighted by molar-refractivity contribution is -0.123. The molecule has 4 nitrogen and oxygen atoms in total. The summed E-state index contributed by atoms with van der Waals surface area (Å²) in [5.74, 6) is 0.479. The highest BCUT2D eigenvalue weighted by Crippen LogP contribution is 2.21. The second kappa shape index (κ2) is 7.04. The average Bonchev–Trinajstić information content (AvgIpc) is 2.84. The molecule has 110 valence electrons. The van der Waals surface area contributed by atoms with Crippen molar-refractivity contribution in [2.24, 2.45) is 5.10 Å². The van der Waals surface area contributed by atoms with Crippen molar-refractivity contribution < 1.29 is 9.53 Å². The number of rotatable bonds is 5. The smallest absolute Gasteiger partial charge is 0.277 e. The van der Waals surface area contributed by atoms with Crippen molar-refractivity contribution >= 4 is 23.5 Å². The fourth-order valence-corrected chi connectivity index (χ4v) is 2.64. The minimum absolute atomic E-state index is 0.0491.